The Morgan fingerprint density at radius 1 is 0.929 bits per heavy atom. The van der Waals surface area contributed by atoms with Crippen molar-refractivity contribution in [2.75, 3.05) is 17.9 Å². The predicted molar refractivity (Wildman–Crippen MR) is 103 cm³/mol. The molecule has 0 saturated heterocycles. The molecule has 2 heterocycles. The van der Waals surface area contributed by atoms with E-state index in [9.17, 15) is 18.0 Å². The molecular weight excluding hydrogens is 386 g/mol. The first-order chi connectivity index (χ1) is 13.3. The molecule has 1 aliphatic rings. The summed E-state index contributed by atoms with van der Waals surface area (Å²) >= 11 is 0. The van der Waals surface area contributed by atoms with Crippen LogP contribution in [0.1, 0.15) is 0 Å². The van der Waals surface area contributed by atoms with E-state index >= 15 is 0 Å². The van der Waals surface area contributed by atoms with Gasteiger partial charge in [-0.2, -0.15) is 0 Å². The van der Waals surface area contributed by atoms with Crippen LogP contribution in [0.4, 0.5) is 5.69 Å². The van der Waals surface area contributed by atoms with Gasteiger partial charge < -0.3 is 9.47 Å². The Morgan fingerprint density at radius 2 is 1.64 bits per heavy atom. The summed E-state index contributed by atoms with van der Waals surface area (Å²) in [6, 6.07) is 8.78. The number of nitrogens with one attached hydrogen (secondary N) is 1. The lowest BCUT2D eigenvalue weighted by molar-refractivity contribution is 0.171. The van der Waals surface area contributed by atoms with Crippen molar-refractivity contribution in [3.63, 3.8) is 0 Å². The first kappa shape index (κ1) is 18.1. The third kappa shape index (κ3) is 2.91. The Hall–Kier alpha value is -3.27. The minimum atomic E-state index is -3.97. The molecule has 28 heavy (non-hydrogen) atoms. The average Bonchev–Trinajstić information content (AvgIpc) is 2.69. The molecule has 0 saturated carbocycles. The van der Waals surface area contributed by atoms with Crippen LogP contribution in [0.3, 0.4) is 0 Å². The Morgan fingerprint density at radius 3 is 2.39 bits per heavy atom. The first-order valence-electron chi connectivity index (χ1n) is 8.40. The van der Waals surface area contributed by atoms with Gasteiger partial charge in [-0.1, -0.05) is 0 Å². The van der Waals surface area contributed by atoms with Crippen LogP contribution in [0.15, 0.2) is 50.9 Å². The molecule has 10 heteroatoms. The zero-order valence-electron chi connectivity index (χ0n) is 15.1. The fraction of sp³-hybridized carbons (Fsp3) is 0.222. The smallest absolute Gasteiger partial charge is 0.330 e. The molecule has 0 atom stereocenters. The fourth-order valence-electron chi connectivity index (χ4n) is 3.06. The highest BCUT2D eigenvalue weighted by atomic mass is 32.2. The molecule has 3 aromatic rings. The van der Waals surface area contributed by atoms with Gasteiger partial charge >= 0.3 is 5.69 Å². The number of aryl methyl sites for hydroxylation is 1. The maximum Gasteiger partial charge on any atom is 0.330 e. The number of hydrogen-bond donors (Lipinski definition) is 1. The second-order valence-electron chi connectivity index (χ2n) is 6.35. The van der Waals surface area contributed by atoms with Gasteiger partial charge in [-0.05, 0) is 30.3 Å². The van der Waals surface area contributed by atoms with Crippen LogP contribution >= 0.6 is 0 Å². The number of hydrogen-bond acceptors (Lipinski definition) is 6. The number of benzene rings is 2. The van der Waals surface area contributed by atoms with Crippen LogP contribution < -0.4 is 25.4 Å². The van der Waals surface area contributed by atoms with Crippen LogP contribution in [0, 0.1) is 0 Å². The van der Waals surface area contributed by atoms with Crippen LogP contribution in [0.25, 0.3) is 10.9 Å². The minimum absolute atomic E-state index is 0.0920. The Kier molecular flexibility index (Phi) is 4.15. The van der Waals surface area contributed by atoms with Gasteiger partial charge in [-0.15, -0.1) is 0 Å². The zero-order valence-corrected chi connectivity index (χ0v) is 15.9. The van der Waals surface area contributed by atoms with E-state index in [-0.39, 0.29) is 10.3 Å². The molecule has 0 unspecified atom stereocenters. The molecule has 0 radical (unpaired) electrons. The number of aromatic nitrogens is 2. The van der Waals surface area contributed by atoms with E-state index in [2.05, 4.69) is 4.72 Å². The topological polar surface area (TPSA) is 109 Å². The fourth-order valence-corrected chi connectivity index (χ4v) is 4.14. The normalized spacial score (nSPS) is 13.5. The van der Waals surface area contributed by atoms with Crippen molar-refractivity contribution in [2.24, 2.45) is 14.1 Å². The molecule has 1 aromatic heterocycles. The standard InChI is InChI=1S/C18H17N3O6S/c1-20-14-5-4-12(10-13(14)17(22)21(2)18(20)23)28(24,25)19-11-3-6-15-16(9-11)27-8-7-26-15/h3-6,9-10,19H,7-8H2,1-2H3. The summed E-state index contributed by atoms with van der Waals surface area (Å²) in [5.41, 5.74) is -0.388. The highest BCUT2D eigenvalue weighted by molar-refractivity contribution is 7.92. The lowest BCUT2D eigenvalue weighted by atomic mass is 10.2. The highest BCUT2D eigenvalue weighted by Crippen LogP contribution is 2.33. The molecule has 0 spiro atoms. The van der Waals surface area contributed by atoms with Crippen molar-refractivity contribution in [2.45, 2.75) is 4.90 Å². The van der Waals surface area contributed by atoms with E-state index in [0.717, 1.165) is 4.57 Å². The van der Waals surface area contributed by atoms with Crippen molar-refractivity contribution < 1.29 is 17.9 Å². The molecule has 1 N–H and O–H groups in total. The number of sulfonamides is 1. The summed E-state index contributed by atoms with van der Waals surface area (Å²) in [5.74, 6) is 0.998. The minimum Gasteiger partial charge on any atom is -0.486 e. The molecule has 0 bridgehead atoms. The molecule has 0 fully saturated rings. The highest BCUT2D eigenvalue weighted by Gasteiger charge is 2.19. The summed E-state index contributed by atoms with van der Waals surface area (Å²) in [6.07, 6.45) is 0. The SMILES string of the molecule is Cn1c(=O)c2cc(S(=O)(=O)Nc3ccc4c(c3)OCCO4)ccc2n(C)c1=O. The van der Waals surface area contributed by atoms with Crippen LogP contribution in [0.5, 0.6) is 11.5 Å². The Labute approximate surface area is 159 Å². The Balaban J connectivity index is 1.76. The van der Waals surface area contributed by atoms with E-state index < -0.39 is 21.3 Å². The van der Waals surface area contributed by atoms with Gasteiger partial charge in [0.05, 0.1) is 21.5 Å². The largest absolute Gasteiger partial charge is 0.486 e. The summed E-state index contributed by atoms with van der Waals surface area (Å²) < 4.78 is 41.2. The molecule has 1 aliphatic heterocycles. The van der Waals surface area contributed by atoms with Crippen molar-refractivity contribution in [1.82, 2.24) is 9.13 Å². The number of rotatable bonds is 3. The lowest BCUT2D eigenvalue weighted by Gasteiger charge is -2.19. The number of ether oxygens (including phenoxy) is 2. The summed E-state index contributed by atoms with van der Waals surface area (Å²) in [7, 11) is -1.10. The summed E-state index contributed by atoms with van der Waals surface area (Å²) in [4.78, 5) is 24.3. The first-order valence-corrected chi connectivity index (χ1v) is 9.88. The van der Waals surface area contributed by atoms with E-state index in [1.165, 1.54) is 42.9 Å². The van der Waals surface area contributed by atoms with Crippen molar-refractivity contribution in [1.29, 1.82) is 0 Å². The number of fused-ring (bicyclic) bond motifs is 2. The van der Waals surface area contributed by atoms with Gasteiger partial charge in [0, 0.05) is 20.2 Å². The van der Waals surface area contributed by atoms with Gasteiger partial charge in [0.15, 0.2) is 11.5 Å². The molecular formula is C18H17N3O6S. The summed E-state index contributed by atoms with van der Waals surface area (Å²) in [6.45, 7) is 0.822. The van der Waals surface area contributed by atoms with E-state index in [4.69, 9.17) is 9.47 Å². The van der Waals surface area contributed by atoms with E-state index in [1.54, 1.807) is 12.1 Å². The van der Waals surface area contributed by atoms with Crippen LogP contribution in [0.2, 0.25) is 0 Å². The van der Waals surface area contributed by atoms with Gasteiger partial charge in [-0.3, -0.25) is 18.7 Å². The maximum absolute atomic E-state index is 12.8. The third-order valence-corrected chi connectivity index (χ3v) is 5.92. The molecule has 0 aliphatic carbocycles. The number of nitrogens with zero attached hydrogens (tertiary/aromatic N) is 2. The maximum atomic E-state index is 12.8. The zero-order chi connectivity index (χ0) is 20.1. The lowest BCUT2D eigenvalue weighted by Crippen LogP contribution is -2.37. The van der Waals surface area contributed by atoms with Gasteiger partial charge in [0.2, 0.25) is 0 Å². The molecule has 4 rings (SSSR count). The van der Waals surface area contributed by atoms with Crippen molar-refractivity contribution >= 4 is 26.6 Å². The van der Waals surface area contributed by atoms with Crippen molar-refractivity contribution in [3.8, 4) is 11.5 Å². The van der Waals surface area contributed by atoms with Crippen LogP contribution in [-0.4, -0.2) is 30.8 Å². The number of anilines is 1. The third-order valence-electron chi connectivity index (χ3n) is 4.54. The van der Waals surface area contributed by atoms with E-state index in [1.807, 2.05) is 0 Å². The quantitative estimate of drug-likeness (QED) is 0.693. The second-order valence-corrected chi connectivity index (χ2v) is 8.03. The van der Waals surface area contributed by atoms with Crippen molar-refractivity contribution in [3.05, 3.63) is 57.2 Å². The van der Waals surface area contributed by atoms with Gasteiger partial charge in [0.1, 0.15) is 13.2 Å². The van der Waals surface area contributed by atoms with Crippen LogP contribution in [-0.2, 0) is 24.1 Å². The second kappa shape index (κ2) is 6.41. The Bertz CT molecular complexity index is 1320. The monoisotopic (exact) mass is 403 g/mol. The molecule has 9 nitrogen and oxygen atoms in total. The molecule has 2 aromatic carbocycles. The van der Waals surface area contributed by atoms with Gasteiger partial charge in [0.25, 0.3) is 15.6 Å². The predicted octanol–water partition coefficient (Wildman–Crippen LogP) is 0.809. The molecule has 0 amide bonds. The van der Waals surface area contributed by atoms with Gasteiger partial charge in [-0.25, -0.2) is 13.2 Å². The summed E-state index contributed by atoms with van der Waals surface area (Å²) in [5, 5.41) is 0.134. The average molecular weight is 403 g/mol. The molecule has 146 valence electrons. The van der Waals surface area contributed by atoms with E-state index in [0.29, 0.717) is 35.9 Å².